The molecule has 0 radical (unpaired) electrons. The molecular weight excluding hydrogens is 404 g/mol. The lowest BCUT2D eigenvalue weighted by Crippen LogP contribution is -2.22. The predicted molar refractivity (Wildman–Crippen MR) is 123 cm³/mol. The van der Waals surface area contributed by atoms with Gasteiger partial charge in [-0.3, -0.25) is 9.59 Å². The zero-order valence-corrected chi connectivity index (χ0v) is 17.6. The van der Waals surface area contributed by atoms with E-state index in [0.29, 0.717) is 11.3 Å². The highest BCUT2D eigenvalue weighted by atomic mass is 16.5. The second-order valence-electron chi connectivity index (χ2n) is 7.61. The molecule has 1 N–H and O–H groups in total. The molecule has 0 aromatic heterocycles. The molecule has 3 aromatic carbocycles. The molecule has 6 nitrogen and oxygen atoms in total. The summed E-state index contributed by atoms with van der Waals surface area (Å²) in [6, 6.07) is 22.8. The van der Waals surface area contributed by atoms with Gasteiger partial charge in [0.2, 0.25) is 0 Å². The maximum absolute atomic E-state index is 12.8. The van der Waals surface area contributed by atoms with Gasteiger partial charge in [0.25, 0.3) is 5.91 Å². The van der Waals surface area contributed by atoms with Gasteiger partial charge in [-0.2, -0.15) is 0 Å². The summed E-state index contributed by atoms with van der Waals surface area (Å²) < 4.78 is 5.18. The van der Waals surface area contributed by atoms with Crippen LogP contribution in [0.25, 0.3) is 0 Å². The smallest absolute Gasteiger partial charge is 0.339 e. The SMILES string of the molecule is O=C(COC(=O)c1ccccc1C(=O)c1ccccc1)Nc1ccc(N2CCCC2)cc1. The maximum Gasteiger partial charge on any atom is 0.339 e. The molecule has 1 aliphatic heterocycles. The fraction of sp³-hybridized carbons (Fsp3) is 0.192. The van der Waals surface area contributed by atoms with Gasteiger partial charge in [0, 0.05) is 35.6 Å². The molecule has 1 saturated heterocycles. The van der Waals surface area contributed by atoms with Gasteiger partial charge in [0.15, 0.2) is 12.4 Å². The summed E-state index contributed by atoms with van der Waals surface area (Å²) in [4.78, 5) is 39.9. The third-order valence-corrected chi connectivity index (χ3v) is 5.38. The summed E-state index contributed by atoms with van der Waals surface area (Å²) in [7, 11) is 0. The minimum atomic E-state index is -0.718. The molecule has 0 atom stereocenters. The van der Waals surface area contributed by atoms with Crippen LogP contribution in [-0.2, 0) is 9.53 Å². The Morgan fingerprint density at radius 1 is 0.781 bits per heavy atom. The number of carbonyl (C=O) groups is 3. The number of hydrogen-bond donors (Lipinski definition) is 1. The van der Waals surface area contributed by atoms with Crippen LogP contribution in [0.5, 0.6) is 0 Å². The second-order valence-corrected chi connectivity index (χ2v) is 7.61. The van der Waals surface area contributed by atoms with E-state index < -0.39 is 18.5 Å². The minimum Gasteiger partial charge on any atom is -0.452 e. The molecule has 1 amide bonds. The first-order valence-corrected chi connectivity index (χ1v) is 10.6. The first-order valence-electron chi connectivity index (χ1n) is 10.6. The van der Waals surface area contributed by atoms with Crippen LogP contribution in [0.15, 0.2) is 78.9 Å². The number of nitrogens with zero attached hydrogens (tertiary/aromatic N) is 1. The summed E-state index contributed by atoms with van der Waals surface area (Å²) in [5.41, 5.74) is 2.61. The van der Waals surface area contributed by atoms with Crippen LogP contribution >= 0.6 is 0 Å². The summed E-state index contributed by atoms with van der Waals surface area (Å²) in [6.07, 6.45) is 2.40. The Morgan fingerprint density at radius 3 is 2.09 bits per heavy atom. The average Bonchev–Trinajstić information content (AvgIpc) is 3.38. The number of ether oxygens (including phenoxy) is 1. The Labute approximate surface area is 186 Å². The Bertz CT molecular complexity index is 1100. The summed E-state index contributed by atoms with van der Waals surface area (Å²) in [6.45, 7) is 1.66. The standard InChI is InChI=1S/C26H24N2O4/c29-24(27-20-12-14-21(15-13-20)28-16-6-7-17-28)18-32-26(31)23-11-5-4-10-22(23)25(30)19-8-2-1-3-9-19/h1-5,8-15H,6-7,16-18H2,(H,27,29). The van der Waals surface area contributed by atoms with E-state index in [1.54, 1.807) is 42.5 Å². The topological polar surface area (TPSA) is 75.7 Å². The van der Waals surface area contributed by atoms with E-state index >= 15 is 0 Å². The molecule has 6 heteroatoms. The van der Waals surface area contributed by atoms with Crippen molar-refractivity contribution >= 4 is 29.0 Å². The molecule has 162 valence electrons. The van der Waals surface area contributed by atoms with E-state index in [2.05, 4.69) is 10.2 Å². The first kappa shape index (κ1) is 21.3. The summed E-state index contributed by atoms with van der Waals surface area (Å²) in [5.74, 6) is -1.44. The molecule has 0 aliphatic carbocycles. The fourth-order valence-corrected chi connectivity index (χ4v) is 3.74. The molecule has 1 aliphatic rings. The molecule has 1 fully saturated rings. The zero-order chi connectivity index (χ0) is 22.3. The molecule has 0 unspecified atom stereocenters. The van der Waals surface area contributed by atoms with Crippen molar-refractivity contribution in [1.29, 1.82) is 0 Å². The van der Waals surface area contributed by atoms with Crippen molar-refractivity contribution in [3.8, 4) is 0 Å². The zero-order valence-electron chi connectivity index (χ0n) is 17.6. The van der Waals surface area contributed by atoms with E-state index in [4.69, 9.17) is 4.74 Å². The second kappa shape index (κ2) is 9.92. The number of ketones is 1. The first-order chi connectivity index (χ1) is 15.6. The van der Waals surface area contributed by atoms with E-state index in [9.17, 15) is 14.4 Å². The quantitative estimate of drug-likeness (QED) is 0.448. The van der Waals surface area contributed by atoms with Crippen LogP contribution in [0.2, 0.25) is 0 Å². The maximum atomic E-state index is 12.8. The van der Waals surface area contributed by atoms with E-state index in [1.165, 1.54) is 18.9 Å². The molecule has 0 saturated carbocycles. The van der Waals surface area contributed by atoms with Gasteiger partial charge in [0.05, 0.1) is 5.56 Å². The lowest BCUT2D eigenvalue weighted by Gasteiger charge is -2.17. The Balaban J connectivity index is 1.35. The lowest BCUT2D eigenvalue weighted by atomic mass is 9.98. The van der Waals surface area contributed by atoms with Gasteiger partial charge in [-0.05, 0) is 43.2 Å². The normalized spacial score (nSPS) is 12.9. The fourth-order valence-electron chi connectivity index (χ4n) is 3.74. The number of anilines is 2. The molecule has 4 rings (SSSR count). The minimum absolute atomic E-state index is 0.129. The number of esters is 1. The third kappa shape index (κ3) is 5.03. The van der Waals surface area contributed by atoms with Crippen molar-refractivity contribution < 1.29 is 19.1 Å². The van der Waals surface area contributed by atoms with Crippen LogP contribution < -0.4 is 10.2 Å². The van der Waals surface area contributed by atoms with Crippen LogP contribution in [0.4, 0.5) is 11.4 Å². The summed E-state index contributed by atoms with van der Waals surface area (Å²) >= 11 is 0. The molecule has 0 spiro atoms. The van der Waals surface area contributed by atoms with Gasteiger partial charge in [-0.1, -0.05) is 48.5 Å². The monoisotopic (exact) mass is 428 g/mol. The molecule has 1 heterocycles. The number of hydrogen-bond acceptors (Lipinski definition) is 5. The predicted octanol–water partition coefficient (Wildman–Crippen LogP) is 4.31. The van der Waals surface area contributed by atoms with Crippen molar-refractivity contribution in [2.75, 3.05) is 29.9 Å². The van der Waals surface area contributed by atoms with Gasteiger partial charge in [-0.15, -0.1) is 0 Å². The van der Waals surface area contributed by atoms with Gasteiger partial charge in [-0.25, -0.2) is 4.79 Å². The van der Waals surface area contributed by atoms with E-state index in [0.717, 1.165) is 18.8 Å². The highest BCUT2D eigenvalue weighted by molar-refractivity contribution is 6.14. The Morgan fingerprint density at radius 2 is 1.41 bits per heavy atom. The van der Waals surface area contributed by atoms with Crippen molar-refractivity contribution in [2.24, 2.45) is 0 Å². The number of benzene rings is 3. The number of rotatable bonds is 7. The van der Waals surface area contributed by atoms with Gasteiger partial charge >= 0.3 is 5.97 Å². The van der Waals surface area contributed by atoms with Crippen LogP contribution in [0, 0.1) is 0 Å². The van der Waals surface area contributed by atoms with Crippen molar-refractivity contribution in [3.63, 3.8) is 0 Å². The highest BCUT2D eigenvalue weighted by Crippen LogP contribution is 2.22. The third-order valence-electron chi connectivity index (χ3n) is 5.38. The Kier molecular flexibility index (Phi) is 6.60. The number of amides is 1. The van der Waals surface area contributed by atoms with Crippen molar-refractivity contribution in [1.82, 2.24) is 0 Å². The number of carbonyl (C=O) groups excluding carboxylic acids is 3. The molecule has 32 heavy (non-hydrogen) atoms. The Hall–Kier alpha value is -3.93. The van der Waals surface area contributed by atoms with Crippen LogP contribution in [-0.4, -0.2) is 37.4 Å². The van der Waals surface area contributed by atoms with Gasteiger partial charge < -0.3 is 15.0 Å². The summed E-state index contributed by atoms with van der Waals surface area (Å²) in [5, 5.41) is 2.73. The van der Waals surface area contributed by atoms with Crippen molar-refractivity contribution in [2.45, 2.75) is 12.8 Å². The average molecular weight is 428 g/mol. The van der Waals surface area contributed by atoms with E-state index in [1.807, 2.05) is 30.3 Å². The number of nitrogens with one attached hydrogen (secondary N) is 1. The van der Waals surface area contributed by atoms with Crippen LogP contribution in [0.1, 0.15) is 39.1 Å². The van der Waals surface area contributed by atoms with Crippen molar-refractivity contribution in [3.05, 3.63) is 95.6 Å². The largest absolute Gasteiger partial charge is 0.452 e. The van der Waals surface area contributed by atoms with E-state index in [-0.39, 0.29) is 16.9 Å². The molecular formula is C26H24N2O4. The van der Waals surface area contributed by atoms with Crippen LogP contribution in [0.3, 0.4) is 0 Å². The lowest BCUT2D eigenvalue weighted by molar-refractivity contribution is -0.119. The molecule has 3 aromatic rings. The molecule has 0 bridgehead atoms. The van der Waals surface area contributed by atoms with Gasteiger partial charge in [0.1, 0.15) is 0 Å². The highest BCUT2D eigenvalue weighted by Gasteiger charge is 2.20.